The lowest BCUT2D eigenvalue weighted by Crippen LogP contribution is -2.62. The van der Waals surface area contributed by atoms with Gasteiger partial charge in [-0.25, -0.2) is 0 Å². The van der Waals surface area contributed by atoms with Gasteiger partial charge in [0.1, 0.15) is 4.51 Å². The quantitative estimate of drug-likeness (QED) is 0.530. The largest absolute Gasteiger partial charge is 0.389 e. The predicted molar refractivity (Wildman–Crippen MR) is 76.9 cm³/mol. The summed E-state index contributed by atoms with van der Waals surface area (Å²) in [6.45, 7) is 7.93. The summed E-state index contributed by atoms with van der Waals surface area (Å²) < 4.78 is 5.63. The van der Waals surface area contributed by atoms with E-state index < -0.39 is 21.6 Å². The molecule has 1 heterocycles. The molecule has 2 bridgehead atoms. The first-order valence-corrected chi connectivity index (χ1v) is 7.53. The van der Waals surface area contributed by atoms with Crippen LogP contribution in [0.15, 0.2) is 23.8 Å². The van der Waals surface area contributed by atoms with Crippen LogP contribution < -0.4 is 0 Å². The van der Waals surface area contributed by atoms with Crippen LogP contribution in [0.1, 0.15) is 34.1 Å². The minimum Gasteiger partial charge on any atom is -0.389 e. The summed E-state index contributed by atoms with van der Waals surface area (Å²) in [7, 11) is 0. The Labute approximate surface area is 122 Å². The van der Waals surface area contributed by atoms with Gasteiger partial charge in [0.05, 0.1) is 17.8 Å². The van der Waals surface area contributed by atoms with Crippen molar-refractivity contribution < 1.29 is 14.9 Å². The molecule has 0 amide bonds. The zero-order chi connectivity index (χ0) is 14.3. The first-order valence-electron chi connectivity index (χ1n) is 6.73. The Morgan fingerprint density at radius 2 is 1.95 bits per heavy atom. The molecular formula is C15H21BrO3. The van der Waals surface area contributed by atoms with Crippen molar-refractivity contribution in [1.82, 2.24) is 0 Å². The Morgan fingerprint density at radius 1 is 1.32 bits per heavy atom. The van der Waals surface area contributed by atoms with E-state index in [1.165, 1.54) is 0 Å². The van der Waals surface area contributed by atoms with Gasteiger partial charge in [0.25, 0.3) is 0 Å². The summed E-state index contributed by atoms with van der Waals surface area (Å²) in [4.78, 5) is 0. The van der Waals surface area contributed by atoms with E-state index in [-0.39, 0.29) is 11.5 Å². The molecule has 1 aliphatic heterocycles. The predicted octanol–water partition coefficient (Wildman–Crippen LogP) is 2.52. The van der Waals surface area contributed by atoms with Gasteiger partial charge in [0.15, 0.2) is 0 Å². The molecule has 19 heavy (non-hydrogen) atoms. The summed E-state index contributed by atoms with van der Waals surface area (Å²) >= 11 is 3.70. The first kappa shape index (κ1) is 13.8. The maximum atomic E-state index is 11.0. The number of aliphatic hydroxyl groups is 2. The summed E-state index contributed by atoms with van der Waals surface area (Å²) in [5.74, 6) is 0. The number of halogens is 1. The number of alkyl halides is 1. The van der Waals surface area contributed by atoms with Crippen LogP contribution in [0.2, 0.25) is 0 Å². The molecule has 3 aliphatic rings. The number of fused-ring (bicyclic) bond motifs is 1. The van der Waals surface area contributed by atoms with Crippen molar-refractivity contribution in [2.75, 3.05) is 0 Å². The lowest BCUT2D eigenvalue weighted by molar-refractivity contribution is -0.126. The van der Waals surface area contributed by atoms with Crippen LogP contribution >= 0.6 is 15.9 Å². The number of hydrogen-bond donors (Lipinski definition) is 2. The Morgan fingerprint density at radius 3 is 2.58 bits per heavy atom. The third-order valence-corrected chi connectivity index (χ3v) is 7.17. The summed E-state index contributed by atoms with van der Waals surface area (Å²) in [5, 5.41) is 21.3. The van der Waals surface area contributed by atoms with E-state index in [2.05, 4.69) is 29.8 Å². The third-order valence-electron chi connectivity index (χ3n) is 5.73. The van der Waals surface area contributed by atoms with Crippen LogP contribution in [-0.2, 0) is 4.74 Å². The summed E-state index contributed by atoms with van der Waals surface area (Å²) in [6.07, 6.45) is 5.49. The van der Waals surface area contributed by atoms with E-state index >= 15 is 0 Å². The minimum absolute atomic E-state index is 0.199. The van der Waals surface area contributed by atoms with Gasteiger partial charge < -0.3 is 14.9 Å². The highest BCUT2D eigenvalue weighted by Gasteiger charge is 2.75. The van der Waals surface area contributed by atoms with Gasteiger partial charge >= 0.3 is 0 Å². The van der Waals surface area contributed by atoms with Gasteiger partial charge in [0, 0.05) is 10.8 Å². The van der Waals surface area contributed by atoms with Crippen LogP contribution in [0, 0.1) is 10.8 Å². The molecule has 1 saturated heterocycles. The fourth-order valence-electron chi connectivity index (χ4n) is 4.25. The Balaban J connectivity index is 2.28. The molecule has 0 aromatic carbocycles. The van der Waals surface area contributed by atoms with Crippen LogP contribution in [0.4, 0.5) is 0 Å². The van der Waals surface area contributed by atoms with Crippen molar-refractivity contribution in [3.05, 3.63) is 23.8 Å². The van der Waals surface area contributed by atoms with Gasteiger partial charge in [-0.2, -0.15) is 0 Å². The molecule has 2 N–H and O–H groups in total. The van der Waals surface area contributed by atoms with Gasteiger partial charge in [0.2, 0.25) is 0 Å². The van der Waals surface area contributed by atoms with Gasteiger partial charge in [-0.15, -0.1) is 0 Å². The molecule has 2 aliphatic carbocycles. The smallest absolute Gasteiger partial charge is 0.147 e. The van der Waals surface area contributed by atoms with Crippen molar-refractivity contribution in [3.63, 3.8) is 0 Å². The van der Waals surface area contributed by atoms with Gasteiger partial charge in [-0.05, 0) is 47.8 Å². The normalized spacial score (nSPS) is 54.8. The zero-order valence-corrected chi connectivity index (χ0v) is 13.4. The minimum atomic E-state index is -1.01. The maximum Gasteiger partial charge on any atom is 0.147 e. The topological polar surface area (TPSA) is 49.7 Å². The second kappa shape index (κ2) is 3.53. The van der Waals surface area contributed by atoms with Crippen molar-refractivity contribution >= 4 is 15.9 Å². The number of aliphatic hydroxyl groups excluding tert-OH is 1. The molecule has 3 rings (SSSR count). The molecule has 0 aromatic rings. The monoisotopic (exact) mass is 328 g/mol. The summed E-state index contributed by atoms with van der Waals surface area (Å²) in [5.41, 5.74) is -0.948. The molecule has 106 valence electrons. The molecule has 4 heteroatoms. The van der Waals surface area contributed by atoms with E-state index in [0.29, 0.717) is 6.42 Å². The molecule has 3 nitrogen and oxygen atoms in total. The van der Waals surface area contributed by atoms with Gasteiger partial charge in [-0.1, -0.05) is 26.0 Å². The van der Waals surface area contributed by atoms with Crippen molar-refractivity contribution in [3.8, 4) is 0 Å². The Hall–Kier alpha value is -0.160. The molecule has 1 fully saturated rings. The van der Waals surface area contributed by atoms with E-state index in [9.17, 15) is 10.2 Å². The lowest BCUT2D eigenvalue weighted by Gasteiger charge is -2.57. The highest BCUT2D eigenvalue weighted by atomic mass is 79.9. The highest BCUT2D eigenvalue weighted by molar-refractivity contribution is 9.10. The standard InChI is InChI=1S/C15H21BrO3/c1-9-7-11-14(8-10(9)17)12(2,3)15(16,19-11)6-5-13(14,4)18/h5-7,10-11,17-18H,8H2,1-4H3/t10-,11?,13-,14+,15?/m1/s1. The Bertz CT molecular complexity index is 494. The van der Waals surface area contributed by atoms with E-state index in [4.69, 9.17) is 4.74 Å². The molecule has 0 radical (unpaired) electrons. The average Bonchev–Trinajstić information content (AvgIpc) is 2.38. The number of rotatable bonds is 0. The fourth-order valence-corrected chi connectivity index (χ4v) is 4.94. The van der Waals surface area contributed by atoms with Crippen molar-refractivity contribution in [2.45, 2.75) is 56.4 Å². The second-order valence-corrected chi connectivity index (χ2v) is 8.07. The SMILES string of the molecule is CC1=CC2OC3(Br)C=C[C@@](C)(O)[C@]2(C[C@H]1O)C3(C)C. The van der Waals surface area contributed by atoms with E-state index in [0.717, 1.165) is 5.57 Å². The first-order chi connectivity index (χ1) is 8.57. The van der Waals surface area contributed by atoms with Crippen LogP contribution in [0.3, 0.4) is 0 Å². The number of ether oxygens (including phenoxy) is 1. The van der Waals surface area contributed by atoms with E-state index in [1.54, 1.807) is 0 Å². The molecule has 2 unspecified atom stereocenters. The summed E-state index contributed by atoms with van der Waals surface area (Å²) in [6, 6.07) is 0. The molecule has 1 spiro atoms. The Kier molecular flexibility index (Phi) is 2.57. The molecule has 5 atom stereocenters. The third kappa shape index (κ3) is 1.34. The zero-order valence-electron chi connectivity index (χ0n) is 11.8. The molecule has 0 aromatic heterocycles. The van der Waals surface area contributed by atoms with Crippen LogP contribution in [-0.4, -0.2) is 32.5 Å². The lowest BCUT2D eigenvalue weighted by atomic mass is 9.48. The number of hydrogen-bond acceptors (Lipinski definition) is 3. The van der Waals surface area contributed by atoms with Crippen molar-refractivity contribution in [2.24, 2.45) is 10.8 Å². The van der Waals surface area contributed by atoms with Crippen LogP contribution in [0.25, 0.3) is 0 Å². The second-order valence-electron chi connectivity index (χ2n) is 6.89. The fraction of sp³-hybridized carbons (Fsp3) is 0.733. The average molecular weight is 329 g/mol. The highest BCUT2D eigenvalue weighted by Crippen LogP contribution is 2.71. The maximum absolute atomic E-state index is 11.0. The van der Waals surface area contributed by atoms with Crippen molar-refractivity contribution in [1.29, 1.82) is 0 Å². The molecular weight excluding hydrogens is 308 g/mol. The van der Waals surface area contributed by atoms with E-state index in [1.807, 2.05) is 32.1 Å². The van der Waals surface area contributed by atoms with Crippen LogP contribution in [0.5, 0.6) is 0 Å². The van der Waals surface area contributed by atoms with Gasteiger partial charge in [-0.3, -0.25) is 0 Å². The molecule has 0 saturated carbocycles.